The van der Waals surface area contributed by atoms with Crippen LogP contribution in [0.1, 0.15) is 20.7 Å². The number of ether oxygens (including phenoxy) is 1. The maximum absolute atomic E-state index is 12.2. The Morgan fingerprint density at radius 1 is 1.12 bits per heavy atom. The molecule has 3 N–H and O–H groups in total. The molecule has 2 aromatic carbocycles. The zero-order valence-electron chi connectivity index (χ0n) is 14.2. The highest BCUT2D eigenvalue weighted by molar-refractivity contribution is 7.80. The minimum atomic E-state index is -0.362. The summed E-state index contributed by atoms with van der Waals surface area (Å²) in [5.74, 6) is 0.0257. The molecule has 2 rings (SSSR count). The van der Waals surface area contributed by atoms with Crippen LogP contribution in [-0.2, 0) is 0 Å². The SMILES string of the molecule is C=CCNC(=O)c1ccccc1NC(=S)NC(=O)c1ccc(OC)cc1. The number of hydrogen-bond donors (Lipinski definition) is 3. The molecule has 0 unspecified atom stereocenters. The molecule has 26 heavy (non-hydrogen) atoms. The number of carbonyl (C=O) groups is 2. The van der Waals surface area contributed by atoms with E-state index in [1.54, 1.807) is 61.7 Å². The summed E-state index contributed by atoms with van der Waals surface area (Å²) >= 11 is 5.18. The standard InChI is InChI=1S/C19H19N3O3S/c1-3-12-20-18(24)15-6-4-5-7-16(15)21-19(26)22-17(23)13-8-10-14(25-2)11-9-13/h3-11H,1,12H2,2H3,(H,20,24)(H2,21,22,23,26). The van der Waals surface area contributed by atoms with E-state index in [0.717, 1.165) is 0 Å². The van der Waals surface area contributed by atoms with Crippen LogP contribution in [0.25, 0.3) is 0 Å². The molecule has 0 aliphatic heterocycles. The van der Waals surface area contributed by atoms with Crippen molar-refractivity contribution in [3.63, 3.8) is 0 Å². The van der Waals surface area contributed by atoms with E-state index in [-0.39, 0.29) is 16.9 Å². The number of thiocarbonyl (C=S) groups is 1. The first-order valence-electron chi connectivity index (χ1n) is 7.79. The van der Waals surface area contributed by atoms with Crippen LogP contribution in [0.3, 0.4) is 0 Å². The predicted molar refractivity (Wildman–Crippen MR) is 106 cm³/mol. The summed E-state index contributed by atoms with van der Waals surface area (Å²) < 4.78 is 5.06. The summed E-state index contributed by atoms with van der Waals surface area (Å²) in [7, 11) is 1.55. The largest absolute Gasteiger partial charge is 0.497 e. The molecule has 0 spiro atoms. The summed E-state index contributed by atoms with van der Waals surface area (Å²) in [5.41, 5.74) is 1.34. The zero-order valence-corrected chi connectivity index (χ0v) is 15.1. The van der Waals surface area contributed by atoms with Gasteiger partial charge in [0.25, 0.3) is 11.8 Å². The van der Waals surface area contributed by atoms with Gasteiger partial charge in [-0.05, 0) is 48.6 Å². The number of para-hydroxylation sites is 1. The molecule has 134 valence electrons. The molecule has 0 aliphatic rings. The van der Waals surface area contributed by atoms with Crippen LogP contribution in [0.2, 0.25) is 0 Å². The van der Waals surface area contributed by atoms with Gasteiger partial charge in [0.15, 0.2) is 5.11 Å². The third-order valence-electron chi connectivity index (χ3n) is 3.41. The number of amides is 2. The average molecular weight is 369 g/mol. The van der Waals surface area contributed by atoms with Gasteiger partial charge in [-0.1, -0.05) is 18.2 Å². The number of rotatable bonds is 6. The van der Waals surface area contributed by atoms with E-state index < -0.39 is 0 Å². The van der Waals surface area contributed by atoms with Gasteiger partial charge in [-0.2, -0.15) is 0 Å². The fourth-order valence-corrected chi connectivity index (χ4v) is 2.32. The minimum absolute atomic E-state index is 0.0924. The van der Waals surface area contributed by atoms with Crippen molar-refractivity contribution in [2.24, 2.45) is 0 Å². The Morgan fingerprint density at radius 2 is 1.81 bits per heavy atom. The quantitative estimate of drug-likeness (QED) is 0.539. The van der Waals surface area contributed by atoms with E-state index in [1.165, 1.54) is 0 Å². The van der Waals surface area contributed by atoms with Crippen LogP contribution in [0, 0.1) is 0 Å². The highest BCUT2D eigenvalue weighted by Crippen LogP contribution is 2.15. The smallest absolute Gasteiger partial charge is 0.257 e. The second-order valence-corrected chi connectivity index (χ2v) is 5.59. The lowest BCUT2D eigenvalue weighted by Crippen LogP contribution is -2.35. The van der Waals surface area contributed by atoms with E-state index in [9.17, 15) is 9.59 Å². The molecule has 0 heterocycles. The highest BCUT2D eigenvalue weighted by atomic mass is 32.1. The molecular weight excluding hydrogens is 350 g/mol. The van der Waals surface area contributed by atoms with Gasteiger partial charge in [0.05, 0.1) is 18.4 Å². The molecule has 2 amide bonds. The van der Waals surface area contributed by atoms with Crippen molar-refractivity contribution in [2.45, 2.75) is 0 Å². The lowest BCUT2D eigenvalue weighted by molar-refractivity contribution is 0.0956. The highest BCUT2D eigenvalue weighted by Gasteiger charge is 2.13. The van der Waals surface area contributed by atoms with E-state index in [1.807, 2.05) is 0 Å². The molecule has 6 nitrogen and oxygen atoms in total. The molecule has 0 saturated carbocycles. The Hall–Kier alpha value is -3.19. The van der Waals surface area contributed by atoms with Gasteiger partial charge in [-0.25, -0.2) is 0 Å². The number of nitrogens with one attached hydrogen (secondary N) is 3. The fraction of sp³-hybridized carbons (Fsp3) is 0.105. The summed E-state index contributed by atoms with van der Waals surface area (Å²) in [6, 6.07) is 13.5. The van der Waals surface area contributed by atoms with Gasteiger partial charge in [0, 0.05) is 12.1 Å². The molecule has 7 heteroatoms. The van der Waals surface area contributed by atoms with Crippen molar-refractivity contribution < 1.29 is 14.3 Å². The summed E-state index contributed by atoms with van der Waals surface area (Å²) in [5, 5.41) is 8.26. The average Bonchev–Trinajstić information content (AvgIpc) is 2.66. The van der Waals surface area contributed by atoms with Crippen LogP contribution < -0.4 is 20.7 Å². The van der Waals surface area contributed by atoms with Gasteiger partial charge >= 0.3 is 0 Å². The van der Waals surface area contributed by atoms with Gasteiger partial charge < -0.3 is 15.4 Å². The third-order valence-corrected chi connectivity index (χ3v) is 3.61. The van der Waals surface area contributed by atoms with Gasteiger partial charge in [-0.3, -0.25) is 14.9 Å². The topological polar surface area (TPSA) is 79.5 Å². The lowest BCUT2D eigenvalue weighted by Gasteiger charge is -2.13. The van der Waals surface area contributed by atoms with E-state index >= 15 is 0 Å². The van der Waals surface area contributed by atoms with Crippen molar-refractivity contribution in [3.05, 3.63) is 72.3 Å². The molecule has 0 aliphatic carbocycles. The number of methoxy groups -OCH3 is 1. The number of hydrogen-bond acceptors (Lipinski definition) is 4. The van der Waals surface area contributed by atoms with Crippen LogP contribution >= 0.6 is 12.2 Å². The Kier molecular flexibility index (Phi) is 6.87. The van der Waals surface area contributed by atoms with Crippen molar-refractivity contribution in [1.29, 1.82) is 0 Å². The van der Waals surface area contributed by atoms with Crippen molar-refractivity contribution in [2.75, 3.05) is 19.0 Å². The van der Waals surface area contributed by atoms with E-state index in [4.69, 9.17) is 17.0 Å². The predicted octanol–water partition coefficient (Wildman–Crippen LogP) is 2.74. The number of anilines is 1. The van der Waals surface area contributed by atoms with Gasteiger partial charge in [0.2, 0.25) is 0 Å². The van der Waals surface area contributed by atoms with Crippen molar-refractivity contribution in [1.82, 2.24) is 10.6 Å². The minimum Gasteiger partial charge on any atom is -0.497 e. The third kappa shape index (κ3) is 5.15. The van der Waals surface area contributed by atoms with E-state index in [0.29, 0.717) is 29.1 Å². The Morgan fingerprint density at radius 3 is 2.46 bits per heavy atom. The maximum atomic E-state index is 12.2. The van der Waals surface area contributed by atoms with Gasteiger partial charge in [0.1, 0.15) is 5.75 Å². The second kappa shape index (κ2) is 9.33. The van der Waals surface area contributed by atoms with Gasteiger partial charge in [-0.15, -0.1) is 6.58 Å². The first-order chi connectivity index (χ1) is 12.5. The fourth-order valence-electron chi connectivity index (χ4n) is 2.12. The summed E-state index contributed by atoms with van der Waals surface area (Å²) in [6.07, 6.45) is 1.59. The molecule has 0 fully saturated rings. The molecule has 0 atom stereocenters. The number of carbonyl (C=O) groups excluding carboxylic acids is 2. The zero-order chi connectivity index (χ0) is 18.9. The van der Waals surface area contributed by atoms with Crippen LogP contribution in [0.5, 0.6) is 5.75 Å². The molecular formula is C19H19N3O3S. The Balaban J connectivity index is 2.04. The lowest BCUT2D eigenvalue weighted by atomic mass is 10.1. The monoisotopic (exact) mass is 369 g/mol. The van der Waals surface area contributed by atoms with Crippen LogP contribution in [0.15, 0.2) is 61.2 Å². The summed E-state index contributed by atoms with van der Waals surface area (Å²) in [4.78, 5) is 24.4. The second-order valence-electron chi connectivity index (χ2n) is 5.18. The molecule has 0 radical (unpaired) electrons. The van der Waals surface area contributed by atoms with Crippen molar-refractivity contribution >= 4 is 34.8 Å². The molecule has 0 aromatic heterocycles. The first kappa shape index (κ1) is 19.1. The van der Waals surface area contributed by atoms with E-state index in [2.05, 4.69) is 22.5 Å². The van der Waals surface area contributed by atoms with Crippen molar-refractivity contribution in [3.8, 4) is 5.75 Å². The first-order valence-corrected chi connectivity index (χ1v) is 8.20. The molecule has 2 aromatic rings. The number of benzene rings is 2. The Bertz CT molecular complexity index is 819. The normalized spacial score (nSPS) is 9.73. The molecule has 0 bridgehead atoms. The molecule has 0 saturated heterocycles. The van der Waals surface area contributed by atoms with Crippen LogP contribution in [-0.4, -0.2) is 30.6 Å². The summed E-state index contributed by atoms with van der Waals surface area (Å²) in [6.45, 7) is 3.92. The van der Waals surface area contributed by atoms with Crippen LogP contribution in [0.4, 0.5) is 5.69 Å². The Labute approximate surface area is 157 Å². The maximum Gasteiger partial charge on any atom is 0.257 e.